The van der Waals surface area contributed by atoms with Crippen molar-refractivity contribution in [3.63, 3.8) is 0 Å². The second-order valence-corrected chi connectivity index (χ2v) is 3.77. The van der Waals surface area contributed by atoms with Gasteiger partial charge in [0, 0.05) is 12.8 Å². The molecule has 1 atom stereocenters. The van der Waals surface area contributed by atoms with Crippen molar-refractivity contribution in [2.75, 3.05) is 13.6 Å². The maximum atomic E-state index is 4.65. The highest BCUT2D eigenvalue weighted by Gasteiger charge is 2.36. The van der Waals surface area contributed by atoms with E-state index in [0.717, 1.165) is 23.9 Å². The quantitative estimate of drug-likeness (QED) is 0.594. The highest BCUT2D eigenvalue weighted by atomic mass is 15.4. The number of quaternary nitrogens is 1. The molecule has 1 aliphatic heterocycles. The predicted octanol–water partition coefficient (Wildman–Crippen LogP) is 2.92. The van der Waals surface area contributed by atoms with Gasteiger partial charge in [-0.1, -0.05) is 13.8 Å². The number of amidine groups is 1. The fourth-order valence-electron chi connectivity index (χ4n) is 2.29. The van der Waals surface area contributed by atoms with Crippen LogP contribution < -0.4 is 0 Å². The SMILES string of the molecule is CCC1=NC(C)=C(CC)[N+]1(C)CC. The van der Waals surface area contributed by atoms with Crippen molar-refractivity contribution >= 4 is 5.84 Å². The third-order valence-corrected chi connectivity index (χ3v) is 3.16. The standard InChI is InChI=1S/C11H21N2/c1-6-10-9(4)12-11(7-2)13(10,5)8-3/h6-8H2,1-5H3/q+1. The van der Waals surface area contributed by atoms with Crippen molar-refractivity contribution in [3.8, 4) is 0 Å². The zero-order chi connectivity index (χ0) is 10.1. The molecule has 0 N–H and O–H groups in total. The Hall–Kier alpha value is -0.630. The zero-order valence-electron chi connectivity index (χ0n) is 9.52. The molecule has 13 heavy (non-hydrogen) atoms. The van der Waals surface area contributed by atoms with Gasteiger partial charge in [-0.3, -0.25) is 4.48 Å². The van der Waals surface area contributed by atoms with Crippen molar-refractivity contribution in [2.45, 2.75) is 40.5 Å². The molecular formula is C11H21N2+. The Labute approximate surface area is 81.6 Å². The van der Waals surface area contributed by atoms with E-state index in [4.69, 9.17) is 0 Å². The predicted molar refractivity (Wildman–Crippen MR) is 57.4 cm³/mol. The fraction of sp³-hybridized carbons (Fsp3) is 0.727. The van der Waals surface area contributed by atoms with Gasteiger partial charge in [-0.2, -0.15) is 4.99 Å². The number of nitrogens with zero attached hydrogens (tertiary/aromatic N) is 2. The fourth-order valence-corrected chi connectivity index (χ4v) is 2.29. The van der Waals surface area contributed by atoms with Gasteiger partial charge in [0.15, 0.2) is 0 Å². The molecule has 0 aromatic rings. The molecule has 0 radical (unpaired) electrons. The molecule has 1 rings (SSSR count). The van der Waals surface area contributed by atoms with Gasteiger partial charge < -0.3 is 0 Å². The van der Waals surface area contributed by atoms with Crippen LogP contribution in [0, 0.1) is 0 Å². The van der Waals surface area contributed by atoms with Crippen molar-refractivity contribution in [1.82, 2.24) is 0 Å². The summed E-state index contributed by atoms with van der Waals surface area (Å²) in [6, 6.07) is 0. The summed E-state index contributed by atoms with van der Waals surface area (Å²) < 4.78 is 0.957. The van der Waals surface area contributed by atoms with Gasteiger partial charge in [-0.15, -0.1) is 0 Å². The van der Waals surface area contributed by atoms with Crippen LogP contribution in [0.2, 0.25) is 0 Å². The zero-order valence-corrected chi connectivity index (χ0v) is 9.52. The molecule has 1 unspecified atom stereocenters. The first kappa shape index (κ1) is 10.5. The number of aliphatic imine (C=N–C) groups is 1. The second-order valence-electron chi connectivity index (χ2n) is 3.77. The minimum absolute atomic E-state index is 0.957. The van der Waals surface area contributed by atoms with Gasteiger partial charge in [0.2, 0.25) is 5.84 Å². The average Bonchev–Trinajstić information content (AvgIpc) is 2.38. The lowest BCUT2D eigenvalue weighted by atomic mass is 10.2. The molecule has 0 aliphatic carbocycles. The molecule has 0 saturated carbocycles. The lowest BCUT2D eigenvalue weighted by molar-refractivity contribution is -0.779. The molecule has 0 aromatic carbocycles. The maximum Gasteiger partial charge on any atom is 0.207 e. The van der Waals surface area contributed by atoms with Crippen LogP contribution in [0.1, 0.15) is 40.5 Å². The van der Waals surface area contributed by atoms with E-state index in [1.54, 1.807) is 0 Å². The summed E-state index contributed by atoms with van der Waals surface area (Å²) >= 11 is 0. The normalized spacial score (nSPS) is 28.2. The van der Waals surface area contributed by atoms with E-state index in [-0.39, 0.29) is 0 Å². The van der Waals surface area contributed by atoms with Crippen molar-refractivity contribution in [1.29, 1.82) is 0 Å². The van der Waals surface area contributed by atoms with Crippen molar-refractivity contribution < 1.29 is 4.48 Å². The van der Waals surface area contributed by atoms with E-state index in [0.29, 0.717) is 0 Å². The topological polar surface area (TPSA) is 12.4 Å². The third kappa shape index (κ3) is 1.44. The van der Waals surface area contributed by atoms with E-state index >= 15 is 0 Å². The first-order valence-corrected chi connectivity index (χ1v) is 5.24. The molecule has 0 aromatic heterocycles. The summed E-state index contributed by atoms with van der Waals surface area (Å²) in [5, 5.41) is 0. The van der Waals surface area contributed by atoms with Crippen molar-refractivity contribution in [3.05, 3.63) is 11.4 Å². The average molecular weight is 181 g/mol. The van der Waals surface area contributed by atoms with Crippen LogP contribution >= 0.6 is 0 Å². The van der Waals surface area contributed by atoms with Gasteiger partial charge in [0.05, 0.1) is 19.3 Å². The Balaban J connectivity index is 3.08. The van der Waals surface area contributed by atoms with E-state index in [1.807, 2.05) is 0 Å². The Morgan fingerprint density at radius 3 is 2.15 bits per heavy atom. The summed E-state index contributed by atoms with van der Waals surface area (Å²) in [6.45, 7) is 9.90. The Morgan fingerprint density at radius 1 is 1.15 bits per heavy atom. The van der Waals surface area contributed by atoms with Crippen LogP contribution in [0.5, 0.6) is 0 Å². The Bertz CT molecular complexity index is 263. The lowest BCUT2D eigenvalue weighted by Crippen LogP contribution is -2.45. The lowest BCUT2D eigenvalue weighted by Gasteiger charge is -2.30. The smallest absolute Gasteiger partial charge is 0.207 e. The molecule has 0 spiro atoms. The summed E-state index contributed by atoms with van der Waals surface area (Å²) in [5.74, 6) is 1.32. The van der Waals surface area contributed by atoms with Crippen LogP contribution in [0.25, 0.3) is 0 Å². The van der Waals surface area contributed by atoms with Crippen LogP contribution in [-0.4, -0.2) is 23.9 Å². The Morgan fingerprint density at radius 2 is 1.77 bits per heavy atom. The molecule has 0 amide bonds. The van der Waals surface area contributed by atoms with Gasteiger partial charge >= 0.3 is 0 Å². The maximum absolute atomic E-state index is 4.65. The van der Waals surface area contributed by atoms with Gasteiger partial charge in [-0.25, -0.2) is 0 Å². The van der Waals surface area contributed by atoms with Crippen molar-refractivity contribution in [2.24, 2.45) is 4.99 Å². The minimum atomic E-state index is 0.957. The largest absolute Gasteiger partial charge is 0.251 e. The summed E-state index contributed by atoms with van der Waals surface area (Å²) in [5.41, 5.74) is 2.73. The molecule has 2 nitrogen and oxygen atoms in total. The molecule has 74 valence electrons. The first-order valence-electron chi connectivity index (χ1n) is 5.24. The number of allylic oxidation sites excluding steroid dienone is 2. The van der Waals surface area contributed by atoms with E-state index in [1.165, 1.54) is 17.2 Å². The van der Waals surface area contributed by atoms with Gasteiger partial charge in [-0.05, 0) is 13.8 Å². The minimum Gasteiger partial charge on any atom is -0.251 e. The first-order chi connectivity index (χ1) is 6.10. The molecule has 0 saturated heterocycles. The summed E-state index contributed by atoms with van der Waals surface area (Å²) in [7, 11) is 2.28. The monoisotopic (exact) mass is 181 g/mol. The Kier molecular flexibility index (Phi) is 2.91. The van der Waals surface area contributed by atoms with Gasteiger partial charge in [0.1, 0.15) is 5.70 Å². The molecule has 2 heteroatoms. The molecule has 0 fully saturated rings. The highest BCUT2D eigenvalue weighted by molar-refractivity contribution is 5.79. The molecule has 0 bridgehead atoms. The number of rotatable bonds is 3. The highest BCUT2D eigenvalue weighted by Crippen LogP contribution is 2.30. The van der Waals surface area contributed by atoms with Crippen LogP contribution in [-0.2, 0) is 0 Å². The van der Waals surface area contributed by atoms with Gasteiger partial charge in [0.25, 0.3) is 0 Å². The van der Waals surface area contributed by atoms with E-state index in [2.05, 4.69) is 39.7 Å². The van der Waals surface area contributed by atoms with Crippen LogP contribution in [0.15, 0.2) is 16.4 Å². The summed E-state index contributed by atoms with van der Waals surface area (Å²) in [4.78, 5) is 4.65. The molecular weight excluding hydrogens is 160 g/mol. The number of hydrogen-bond donors (Lipinski definition) is 0. The second kappa shape index (κ2) is 3.62. The summed E-state index contributed by atoms with van der Waals surface area (Å²) in [6.07, 6.45) is 2.17. The van der Waals surface area contributed by atoms with Crippen LogP contribution in [0.4, 0.5) is 0 Å². The number of hydrogen-bond acceptors (Lipinski definition) is 1. The van der Waals surface area contributed by atoms with Crippen LogP contribution in [0.3, 0.4) is 0 Å². The van der Waals surface area contributed by atoms with E-state index in [9.17, 15) is 0 Å². The molecule has 1 aliphatic rings. The van der Waals surface area contributed by atoms with E-state index < -0.39 is 0 Å². The third-order valence-electron chi connectivity index (χ3n) is 3.16. The molecule has 1 heterocycles.